The molecule has 0 unspecified atom stereocenters. The van der Waals surface area contributed by atoms with Crippen LogP contribution in [0, 0.1) is 5.82 Å². The number of aromatic nitrogens is 1. The van der Waals surface area contributed by atoms with Crippen molar-refractivity contribution in [2.75, 3.05) is 5.32 Å². The van der Waals surface area contributed by atoms with Crippen molar-refractivity contribution < 1.29 is 14.0 Å². The van der Waals surface area contributed by atoms with E-state index in [9.17, 15) is 14.0 Å². The van der Waals surface area contributed by atoms with E-state index in [4.69, 9.17) is 0 Å². The molecule has 6 heteroatoms. The number of nitrogens with one attached hydrogen (secondary N) is 2. The molecule has 1 aromatic carbocycles. The van der Waals surface area contributed by atoms with Crippen LogP contribution in [0.15, 0.2) is 48.8 Å². The van der Waals surface area contributed by atoms with Gasteiger partial charge in [0.2, 0.25) is 0 Å². The summed E-state index contributed by atoms with van der Waals surface area (Å²) in [5.41, 5.74) is 0.0743. The number of benzene rings is 1. The molecule has 1 aliphatic carbocycles. The SMILES string of the molecule is O=C(Nc1cccnc1)C(=O)NC1(c2ccccc2F)CC1. The smallest absolute Gasteiger partial charge is 0.313 e. The van der Waals surface area contributed by atoms with E-state index in [-0.39, 0.29) is 5.82 Å². The minimum absolute atomic E-state index is 0.382. The van der Waals surface area contributed by atoms with Crippen molar-refractivity contribution in [1.82, 2.24) is 10.3 Å². The van der Waals surface area contributed by atoms with Crippen LogP contribution < -0.4 is 10.6 Å². The van der Waals surface area contributed by atoms with E-state index in [1.807, 2.05) is 0 Å². The zero-order valence-electron chi connectivity index (χ0n) is 11.7. The van der Waals surface area contributed by atoms with Gasteiger partial charge in [-0.1, -0.05) is 18.2 Å². The van der Waals surface area contributed by atoms with Crippen LogP contribution in [0.3, 0.4) is 0 Å². The molecule has 22 heavy (non-hydrogen) atoms. The first-order valence-electron chi connectivity index (χ1n) is 6.89. The fourth-order valence-electron chi connectivity index (χ4n) is 2.33. The van der Waals surface area contributed by atoms with Crippen LogP contribution in [0.4, 0.5) is 10.1 Å². The first kappa shape index (κ1) is 14.2. The average Bonchev–Trinajstić information content (AvgIpc) is 3.29. The summed E-state index contributed by atoms with van der Waals surface area (Å²) in [6.07, 6.45) is 4.22. The van der Waals surface area contributed by atoms with Gasteiger partial charge in [0.1, 0.15) is 5.82 Å². The van der Waals surface area contributed by atoms with E-state index in [1.54, 1.807) is 36.5 Å². The van der Waals surface area contributed by atoms with Crippen molar-refractivity contribution in [2.45, 2.75) is 18.4 Å². The van der Waals surface area contributed by atoms with Gasteiger partial charge in [-0.2, -0.15) is 0 Å². The minimum Gasteiger partial charge on any atom is -0.338 e. The molecule has 0 saturated heterocycles. The van der Waals surface area contributed by atoms with Crippen molar-refractivity contribution in [2.24, 2.45) is 0 Å². The van der Waals surface area contributed by atoms with Crippen molar-refractivity contribution >= 4 is 17.5 Å². The number of rotatable bonds is 3. The Labute approximate surface area is 126 Å². The Balaban J connectivity index is 1.69. The lowest BCUT2D eigenvalue weighted by molar-refractivity contribution is -0.136. The summed E-state index contributed by atoms with van der Waals surface area (Å²) in [5, 5.41) is 5.08. The topological polar surface area (TPSA) is 71.1 Å². The Morgan fingerprint density at radius 3 is 2.50 bits per heavy atom. The van der Waals surface area contributed by atoms with Crippen LogP contribution in [0.1, 0.15) is 18.4 Å². The fraction of sp³-hybridized carbons (Fsp3) is 0.188. The van der Waals surface area contributed by atoms with E-state index < -0.39 is 17.4 Å². The van der Waals surface area contributed by atoms with Gasteiger partial charge in [0.25, 0.3) is 0 Å². The molecular formula is C16H14FN3O2. The van der Waals surface area contributed by atoms with Gasteiger partial charge in [0.15, 0.2) is 0 Å². The maximum Gasteiger partial charge on any atom is 0.313 e. The molecule has 0 spiro atoms. The predicted molar refractivity (Wildman–Crippen MR) is 78.3 cm³/mol. The van der Waals surface area contributed by atoms with Crippen molar-refractivity contribution in [3.8, 4) is 0 Å². The van der Waals surface area contributed by atoms with Crippen LogP contribution in [-0.2, 0) is 15.1 Å². The monoisotopic (exact) mass is 299 g/mol. The zero-order chi connectivity index (χ0) is 15.6. The molecule has 1 fully saturated rings. The molecule has 0 bridgehead atoms. The molecular weight excluding hydrogens is 285 g/mol. The molecule has 0 aliphatic heterocycles. The van der Waals surface area contributed by atoms with Crippen LogP contribution in [0.25, 0.3) is 0 Å². The first-order valence-corrected chi connectivity index (χ1v) is 6.89. The number of carbonyl (C=O) groups is 2. The average molecular weight is 299 g/mol. The normalized spacial score (nSPS) is 15.0. The number of carbonyl (C=O) groups excluding carboxylic acids is 2. The van der Waals surface area contributed by atoms with Crippen LogP contribution in [0.2, 0.25) is 0 Å². The van der Waals surface area contributed by atoms with Gasteiger partial charge in [-0.3, -0.25) is 14.6 Å². The predicted octanol–water partition coefficient (Wildman–Crippen LogP) is 1.96. The Hall–Kier alpha value is -2.76. The van der Waals surface area contributed by atoms with Gasteiger partial charge >= 0.3 is 11.8 Å². The van der Waals surface area contributed by atoms with E-state index in [0.717, 1.165) is 0 Å². The Morgan fingerprint density at radius 2 is 1.86 bits per heavy atom. The first-order chi connectivity index (χ1) is 10.6. The summed E-state index contributed by atoms with van der Waals surface area (Å²) in [4.78, 5) is 27.8. The van der Waals surface area contributed by atoms with Gasteiger partial charge in [0, 0.05) is 11.8 Å². The van der Waals surface area contributed by atoms with E-state index >= 15 is 0 Å². The number of amides is 2. The molecule has 1 saturated carbocycles. The highest BCUT2D eigenvalue weighted by atomic mass is 19.1. The van der Waals surface area contributed by atoms with Crippen LogP contribution in [-0.4, -0.2) is 16.8 Å². The molecule has 3 rings (SSSR count). The third kappa shape index (κ3) is 2.81. The standard InChI is InChI=1S/C16H14FN3O2/c17-13-6-2-1-5-12(13)16(7-8-16)20-15(22)14(21)19-11-4-3-9-18-10-11/h1-6,9-10H,7-8H2,(H,19,21)(H,20,22). The van der Waals surface area contributed by atoms with Crippen molar-refractivity contribution in [3.05, 3.63) is 60.2 Å². The Morgan fingerprint density at radius 1 is 1.09 bits per heavy atom. The lowest BCUT2D eigenvalue weighted by Gasteiger charge is -2.18. The van der Waals surface area contributed by atoms with E-state index in [0.29, 0.717) is 24.1 Å². The highest BCUT2D eigenvalue weighted by molar-refractivity contribution is 6.39. The summed E-state index contributed by atoms with van der Waals surface area (Å²) >= 11 is 0. The number of anilines is 1. The molecule has 2 amide bonds. The molecule has 0 atom stereocenters. The lowest BCUT2D eigenvalue weighted by atomic mass is 10.0. The summed E-state index contributed by atoms with van der Waals surface area (Å²) in [7, 11) is 0. The highest BCUT2D eigenvalue weighted by Gasteiger charge is 2.48. The highest BCUT2D eigenvalue weighted by Crippen LogP contribution is 2.46. The van der Waals surface area contributed by atoms with Crippen LogP contribution >= 0.6 is 0 Å². The molecule has 112 valence electrons. The summed E-state index contributed by atoms with van der Waals surface area (Å²) in [6, 6.07) is 9.54. The Kier molecular flexibility index (Phi) is 3.58. The van der Waals surface area contributed by atoms with Gasteiger partial charge in [-0.15, -0.1) is 0 Å². The third-order valence-electron chi connectivity index (χ3n) is 3.62. The number of nitrogens with zero attached hydrogens (tertiary/aromatic N) is 1. The maximum absolute atomic E-state index is 13.9. The number of hydrogen-bond donors (Lipinski definition) is 2. The molecule has 1 heterocycles. The summed E-state index contributed by atoms with van der Waals surface area (Å²) in [5.74, 6) is -1.96. The Bertz CT molecular complexity index is 714. The van der Waals surface area contributed by atoms with Gasteiger partial charge in [0.05, 0.1) is 17.4 Å². The summed E-state index contributed by atoms with van der Waals surface area (Å²) in [6.45, 7) is 0. The number of halogens is 1. The molecule has 2 aromatic rings. The fourth-order valence-corrected chi connectivity index (χ4v) is 2.33. The molecule has 5 nitrogen and oxygen atoms in total. The largest absolute Gasteiger partial charge is 0.338 e. The lowest BCUT2D eigenvalue weighted by Crippen LogP contribution is -2.42. The maximum atomic E-state index is 13.9. The number of hydrogen-bond acceptors (Lipinski definition) is 3. The molecule has 1 aliphatic rings. The second-order valence-corrected chi connectivity index (χ2v) is 5.21. The molecule has 2 N–H and O–H groups in total. The molecule has 0 radical (unpaired) electrons. The van der Waals surface area contributed by atoms with Crippen molar-refractivity contribution in [3.63, 3.8) is 0 Å². The summed E-state index contributed by atoms with van der Waals surface area (Å²) < 4.78 is 13.9. The number of pyridine rings is 1. The van der Waals surface area contributed by atoms with Crippen molar-refractivity contribution in [1.29, 1.82) is 0 Å². The van der Waals surface area contributed by atoms with Crippen LogP contribution in [0.5, 0.6) is 0 Å². The van der Waals surface area contributed by atoms with Gasteiger partial charge in [-0.25, -0.2) is 4.39 Å². The van der Waals surface area contributed by atoms with E-state index in [1.165, 1.54) is 12.3 Å². The second-order valence-electron chi connectivity index (χ2n) is 5.21. The third-order valence-corrected chi connectivity index (χ3v) is 3.62. The van der Waals surface area contributed by atoms with Gasteiger partial charge < -0.3 is 10.6 Å². The quantitative estimate of drug-likeness (QED) is 0.851. The minimum atomic E-state index is -0.796. The van der Waals surface area contributed by atoms with Gasteiger partial charge in [-0.05, 0) is 31.0 Å². The zero-order valence-corrected chi connectivity index (χ0v) is 11.7. The second kappa shape index (κ2) is 5.55. The molecule has 1 aromatic heterocycles. The van der Waals surface area contributed by atoms with E-state index in [2.05, 4.69) is 15.6 Å².